The molecule has 0 bridgehead atoms. The lowest BCUT2D eigenvalue weighted by atomic mass is 10.3. The minimum Gasteiger partial charge on any atom is -0.508 e. The van der Waals surface area contributed by atoms with Crippen LogP contribution in [0.3, 0.4) is 0 Å². The van der Waals surface area contributed by atoms with Crippen LogP contribution in [0.25, 0.3) is 0 Å². The number of rotatable bonds is 3. The van der Waals surface area contributed by atoms with Crippen molar-refractivity contribution in [1.82, 2.24) is 4.98 Å². The third-order valence-corrected chi connectivity index (χ3v) is 2.34. The van der Waals surface area contributed by atoms with Crippen molar-refractivity contribution in [2.24, 2.45) is 0 Å². The molecule has 0 aliphatic rings. The Balaban J connectivity index is 2.08. The van der Waals surface area contributed by atoms with Gasteiger partial charge in [0.1, 0.15) is 18.1 Å². The largest absolute Gasteiger partial charge is 0.508 e. The van der Waals surface area contributed by atoms with E-state index in [2.05, 4.69) is 4.98 Å². The van der Waals surface area contributed by atoms with Crippen molar-refractivity contribution < 1.29 is 9.84 Å². The zero-order valence-electron chi connectivity index (χ0n) is 8.43. The molecule has 0 spiro atoms. The summed E-state index contributed by atoms with van der Waals surface area (Å²) in [5.74, 6) is 0.594. The van der Waals surface area contributed by atoms with Crippen LogP contribution < -0.4 is 4.74 Å². The van der Waals surface area contributed by atoms with Gasteiger partial charge >= 0.3 is 0 Å². The lowest BCUT2D eigenvalue weighted by Crippen LogP contribution is -1.96. The van der Waals surface area contributed by atoms with Crippen LogP contribution in [-0.2, 0) is 6.61 Å². The standard InChI is InChI=1S/C12H10ClNO2/c13-11-4-3-10(15)6-12(11)16-8-9-2-1-5-14-7-9/h1-7,15H,8H2. The Morgan fingerprint density at radius 3 is 2.94 bits per heavy atom. The van der Waals surface area contributed by atoms with Crippen molar-refractivity contribution >= 4 is 11.6 Å². The molecule has 3 nitrogen and oxygen atoms in total. The molecule has 0 unspecified atom stereocenters. The van der Waals surface area contributed by atoms with Gasteiger partial charge in [0, 0.05) is 24.0 Å². The lowest BCUT2D eigenvalue weighted by Gasteiger charge is -2.07. The number of aromatic nitrogens is 1. The number of benzene rings is 1. The Bertz CT molecular complexity index is 474. The first-order valence-electron chi connectivity index (χ1n) is 4.76. The van der Waals surface area contributed by atoms with Gasteiger partial charge < -0.3 is 9.84 Å². The highest BCUT2D eigenvalue weighted by Crippen LogP contribution is 2.28. The maximum atomic E-state index is 9.28. The van der Waals surface area contributed by atoms with E-state index in [-0.39, 0.29) is 5.75 Å². The fourth-order valence-electron chi connectivity index (χ4n) is 1.25. The number of hydrogen-bond acceptors (Lipinski definition) is 3. The molecule has 0 atom stereocenters. The van der Waals surface area contributed by atoms with Crippen LogP contribution in [0.4, 0.5) is 0 Å². The highest BCUT2D eigenvalue weighted by Gasteiger charge is 2.03. The van der Waals surface area contributed by atoms with Crippen LogP contribution >= 0.6 is 11.6 Å². The fourth-order valence-corrected chi connectivity index (χ4v) is 1.42. The second-order valence-electron chi connectivity index (χ2n) is 3.26. The molecule has 0 radical (unpaired) electrons. The predicted octanol–water partition coefficient (Wildman–Crippen LogP) is 3.02. The second kappa shape index (κ2) is 4.86. The van der Waals surface area contributed by atoms with E-state index >= 15 is 0 Å². The van der Waals surface area contributed by atoms with Gasteiger partial charge in [-0.25, -0.2) is 0 Å². The molecular weight excluding hydrogens is 226 g/mol. The monoisotopic (exact) mass is 235 g/mol. The summed E-state index contributed by atoms with van der Waals surface area (Å²) in [5, 5.41) is 9.76. The van der Waals surface area contributed by atoms with Crippen molar-refractivity contribution in [2.45, 2.75) is 6.61 Å². The molecule has 1 N–H and O–H groups in total. The Morgan fingerprint density at radius 1 is 1.31 bits per heavy atom. The van der Waals surface area contributed by atoms with E-state index in [9.17, 15) is 5.11 Å². The number of halogens is 1. The summed E-state index contributed by atoms with van der Waals surface area (Å²) < 4.78 is 5.47. The molecule has 1 aromatic heterocycles. The average Bonchev–Trinajstić information content (AvgIpc) is 2.32. The topological polar surface area (TPSA) is 42.4 Å². The number of pyridine rings is 1. The summed E-state index contributed by atoms with van der Waals surface area (Å²) in [7, 11) is 0. The van der Waals surface area contributed by atoms with Gasteiger partial charge in [-0.3, -0.25) is 4.98 Å². The van der Waals surface area contributed by atoms with Crippen LogP contribution in [0, 0.1) is 0 Å². The molecule has 4 heteroatoms. The van der Waals surface area contributed by atoms with E-state index in [0.29, 0.717) is 17.4 Å². The molecule has 0 amide bonds. The summed E-state index contributed by atoms with van der Waals surface area (Å²) in [4.78, 5) is 3.97. The molecule has 0 aliphatic heterocycles. The fraction of sp³-hybridized carbons (Fsp3) is 0.0833. The third kappa shape index (κ3) is 2.64. The van der Waals surface area contributed by atoms with E-state index in [1.165, 1.54) is 12.1 Å². The van der Waals surface area contributed by atoms with Crippen LogP contribution in [0.2, 0.25) is 5.02 Å². The highest BCUT2D eigenvalue weighted by molar-refractivity contribution is 6.32. The number of hydrogen-bond donors (Lipinski definition) is 1. The van der Waals surface area contributed by atoms with E-state index < -0.39 is 0 Å². The summed E-state index contributed by atoms with van der Waals surface area (Å²) in [6, 6.07) is 8.33. The summed E-state index contributed by atoms with van der Waals surface area (Å²) in [5.41, 5.74) is 0.946. The van der Waals surface area contributed by atoms with Crippen molar-refractivity contribution in [3.05, 3.63) is 53.3 Å². The van der Waals surface area contributed by atoms with Crippen LogP contribution in [0.5, 0.6) is 11.5 Å². The van der Waals surface area contributed by atoms with E-state index in [1.807, 2.05) is 12.1 Å². The molecule has 0 fully saturated rings. The summed E-state index contributed by atoms with van der Waals surface area (Å²) in [6.45, 7) is 0.372. The molecule has 2 rings (SSSR count). The van der Waals surface area contributed by atoms with Gasteiger partial charge in [0.25, 0.3) is 0 Å². The smallest absolute Gasteiger partial charge is 0.142 e. The molecule has 1 aromatic carbocycles. The molecule has 0 aliphatic carbocycles. The first-order chi connectivity index (χ1) is 7.75. The van der Waals surface area contributed by atoms with Crippen LogP contribution in [0.1, 0.15) is 5.56 Å². The number of nitrogens with zero attached hydrogens (tertiary/aromatic N) is 1. The minimum absolute atomic E-state index is 0.130. The van der Waals surface area contributed by atoms with Gasteiger partial charge in [-0.15, -0.1) is 0 Å². The highest BCUT2D eigenvalue weighted by atomic mass is 35.5. The maximum absolute atomic E-state index is 9.28. The SMILES string of the molecule is Oc1ccc(Cl)c(OCc2cccnc2)c1. The normalized spacial score (nSPS) is 10.1. The summed E-state index contributed by atoms with van der Waals surface area (Å²) in [6.07, 6.45) is 3.42. The van der Waals surface area contributed by atoms with E-state index in [0.717, 1.165) is 5.56 Å². The second-order valence-corrected chi connectivity index (χ2v) is 3.67. The minimum atomic E-state index is 0.130. The first kappa shape index (κ1) is 10.8. The third-order valence-electron chi connectivity index (χ3n) is 2.03. The van der Waals surface area contributed by atoms with Crippen molar-refractivity contribution in [3.8, 4) is 11.5 Å². The van der Waals surface area contributed by atoms with Crippen LogP contribution in [0.15, 0.2) is 42.7 Å². The Labute approximate surface area is 98.3 Å². The average molecular weight is 236 g/mol. The molecule has 0 saturated heterocycles. The van der Waals surface area contributed by atoms with Crippen LogP contribution in [-0.4, -0.2) is 10.1 Å². The van der Waals surface area contributed by atoms with Gasteiger partial charge in [0.05, 0.1) is 5.02 Å². The molecular formula is C12H10ClNO2. The van der Waals surface area contributed by atoms with Gasteiger partial charge in [-0.05, 0) is 18.2 Å². The number of phenolic OH excluding ortho intramolecular Hbond substituents is 1. The zero-order valence-corrected chi connectivity index (χ0v) is 9.19. The Hall–Kier alpha value is -1.74. The quantitative estimate of drug-likeness (QED) is 0.889. The first-order valence-corrected chi connectivity index (χ1v) is 5.14. The van der Waals surface area contributed by atoms with Crippen molar-refractivity contribution in [3.63, 3.8) is 0 Å². The lowest BCUT2D eigenvalue weighted by molar-refractivity contribution is 0.304. The van der Waals surface area contributed by atoms with E-state index in [1.54, 1.807) is 18.5 Å². The molecule has 82 valence electrons. The van der Waals surface area contributed by atoms with Crippen molar-refractivity contribution in [1.29, 1.82) is 0 Å². The molecule has 1 heterocycles. The van der Waals surface area contributed by atoms with Crippen molar-refractivity contribution in [2.75, 3.05) is 0 Å². The van der Waals surface area contributed by atoms with Gasteiger partial charge in [0.15, 0.2) is 0 Å². The molecule has 2 aromatic rings. The molecule has 16 heavy (non-hydrogen) atoms. The number of ether oxygens (including phenoxy) is 1. The zero-order chi connectivity index (χ0) is 11.4. The van der Waals surface area contributed by atoms with Gasteiger partial charge in [-0.2, -0.15) is 0 Å². The maximum Gasteiger partial charge on any atom is 0.142 e. The molecule has 0 saturated carbocycles. The Kier molecular flexibility index (Phi) is 3.27. The van der Waals surface area contributed by atoms with Gasteiger partial charge in [0.2, 0.25) is 0 Å². The van der Waals surface area contributed by atoms with E-state index in [4.69, 9.17) is 16.3 Å². The Morgan fingerprint density at radius 2 is 2.19 bits per heavy atom. The summed E-state index contributed by atoms with van der Waals surface area (Å²) >= 11 is 5.91. The number of phenols is 1. The predicted molar refractivity (Wildman–Crippen MR) is 61.7 cm³/mol. The van der Waals surface area contributed by atoms with Gasteiger partial charge in [-0.1, -0.05) is 17.7 Å². The number of aromatic hydroxyl groups is 1.